The highest BCUT2D eigenvalue weighted by atomic mass is 16.5. The second kappa shape index (κ2) is 7.75. The molecule has 6 heteroatoms. The van der Waals surface area contributed by atoms with Crippen LogP contribution in [-0.4, -0.2) is 27.8 Å². The molecule has 29 heavy (non-hydrogen) atoms. The molecule has 1 N–H and O–H groups in total. The molecule has 0 saturated carbocycles. The van der Waals surface area contributed by atoms with Gasteiger partial charge in [0.2, 0.25) is 0 Å². The first-order valence-electron chi connectivity index (χ1n) is 9.37. The van der Waals surface area contributed by atoms with Crippen LogP contribution in [0.5, 0.6) is 5.75 Å². The van der Waals surface area contributed by atoms with Crippen molar-refractivity contribution >= 4 is 16.9 Å². The second-order valence-electron chi connectivity index (χ2n) is 6.86. The van der Waals surface area contributed by atoms with Crippen LogP contribution in [0.1, 0.15) is 21.6 Å². The van der Waals surface area contributed by atoms with Gasteiger partial charge in [0.25, 0.3) is 5.91 Å². The Morgan fingerprint density at radius 1 is 1.10 bits per heavy atom. The highest BCUT2D eigenvalue weighted by molar-refractivity contribution is 6.07. The predicted molar refractivity (Wildman–Crippen MR) is 113 cm³/mol. The molecule has 146 valence electrons. The monoisotopic (exact) mass is 386 g/mol. The molecule has 0 radical (unpaired) electrons. The number of amides is 1. The largest absolute Gasteiger partial charge is 0.497 e. The number of aryl methyl sites for hydroxylation is 2. The van der Waals surface area contributed by atoms with Crippen LogP contribution in [0.2, 0.25) is 0 Å². The number of methoxy groups -OCH3 is 1. The van der Waals surface area contributed by atoms with Crippen molar-refractivity contribution in [3.05, 3.63) is 77.5 Å². The lowest BCUT2D eigenvalue weighted by Gasteiger charge is -2.10. The summed E-state index contributed by atoms with van der Waals surface area (Å²) in [5, 5.41) is 8.26. The van der Waals surface area contributed by atoms with Gasteiger partial charge in [0, 0.05) is 19.2 Å². The van der Waals surface area contributed by atoms with E-state index >= 15 is 0 Å². The number of hydrogen-bond acceptors (Lipinski definition) is 4. The van der Waals surface area contributed by atoms with Crippen molar-refractivity contribution in [3.8, 4) is 17.0 Å². The number of nitrogens with zero attached hydrogens (tertiary/aromatic N) is 3. The quantitative estimate of drug-likeness (QED) is 0.565. The summed E-state index contributed by atoms with van der Waals surface area (Å²) in [5.41, 5.74) is 4.75. The number of pyridine rings is 1. The van der Waals surface area contributed by atoms with Gasteiger partial charge in [-0.1, -0.05) is 42.5 Å². The van der Waals surface area contributed by atoms with Crippen molar-refractivity contribution in [2.75, 3.05) is 7.11 Å². The van der Waals surface area contributed by atoms with Crippen molar-refractivity contribution < 1.29 is 9.53 Å². The highest BCUT2D eigenvalue weighted by Crippen LogP contribution is 2.26. The maximum Gasteiger partial charge on any atom is 0.252 e. The zero-order valence-electron chi connectivity index (χ0n) is 16.6. The maximum atomic E-state index is 13.1. The van der Waals surface area contributed by atoms with E-state index < -0.39 is 0 Å². The fraction of sp³-hybridized carbons (Fsp3) is 0.174. The fourth-order valence-corrected chi connectivity index (χ4v) is 3.40. The molecule has 2 aromatic carbocycles. The molecular formula is C23H22N4O2. The lowest BCUT2D eigenvalue weighted by Crippen LogP contribution is -2.23. The Morgan fingerprint density at radius 2 is 1.83 bits per heavy atom. The van der Waals surface area contributed by atoms with Crippen molar-refractivity contribution in [3.63, 3.8) is 0 Å². The fourth-order valence-electron chi connectivity index (χ4n) is 3.40. The third kappa shape index (κ3) is 3.69. The van der Waals surface area contributed by atoms with E-state index in [0.717, 1.165) is 33.7 Å². The molecule has 0 fully saturated rings. The van der Waals surface area contributed by atoms with E-state index in [1.165, 1.54) is 0 Å². The molecular weight excluding hydrogens is 364 g/mol. The van der Waals surface area contributed by atoms with Crippen molar-refractivity contribution in [2.45, 2.75) is 13.5 Å². The van der Waals surface area contributed by atoms with E-state index in [2.05, 4.69) is 10.4 Å². The van der Waals surface area contributed by atoms with E-state index in [4.69, 9.17) is 9.72 Å². The Kier molecular flexibility index (Phi) is 4.99. The topological polar surface area (TPSA) is 69.0 Å². The van der Waals surface area contributed by atoms with Gasteiger partial charge >= 0.3 is 0 Å². The SMILES string of the molecule is COc1ccc(CNC(=O)c2cc(-c3ccccc3)nc3c2c(C)nn3C)cc1. The molecule has 6 nitrogen and oxygen atoms in total. The molecule has 1 amide bonds. The van der Waals surface area contributed by atoms with Crippen LogP contribution in [0, 0.1) is 6.92 Å². The first-order valence-corrected chi connectivity index (χ1v) is 9.37. The minimum Gasteiger partial charge on any atom is -0.497 e. The van der Waals surface area contributed by atoms with Gasteiger partial charge in [-0.3, -0.25) is 9.48 Å². The van der Waals surface area contributed by atoms with Crippen LogP contribution in [-0.2, 0) is 13.6 Å². The maximum absolute atomic E-state index is 13.1. The number of rotatable bonds is 5. The third-order valence-corrected chi connectivity index (χ3v) is 4.89. The molecule has 0 spiro atoms. The van der Waals surface area contributed by atoms with Crippen LogP contribution in [0.25, 0.3) is 22.3 Å². The molecule has 0 saturated heterocycles. The lowest BCUT2D eigenvalue weighted by molar-refractivity contribution is 0.0952. The standard InChI is InChI=1S/C23H22N4O2/c1-15-21-19(23(28)24-14-16-9-11-18(29-3)12-10-16)13-20(17-7-5-4-6-8-17)25-22(21)27(2)26-15/h4-13H,14H2,1-3H3,(H,24,28). The van der Waals surface area contributed by atoms with Crippen molar-refractivity contribution in [1.29, 1.82) is 0 Å². The first kappa shape index (κ1) is 18.7. The van der Waals surface area contributed by atoms with Crippen LogP contribution in [0.4, 0.5) is 0 Å². The Bertz CT molecular complexity index is 1170. The number of carbonyl (C=O) groups is 1. The van der Waals surface area contributed by atoms with Gasteiger partial charge in [0.05, 0.1) is 29.4 Å². The second-order valence-corrected chi connectivity index (χ2v) is 6.86. The number of benzene rings is 2. The zero-order chi connectivity index (χ0) is 20.4. The molecule has 0 aliphatic carbocycles. The number of fused-ring (bicyclic) bond motifs is 1. The first-order chi connectivity index (χ1) is 14.1. The van der Waals surface area contributed by atoms with Crippen LogP contribution >= 0.6 is 0 Å². The molecule has 0 bridgehead atoms. The summed E-state index contributed by atoms with van der Waals surface area (Å²) in [4.78, 5) is 17.9. The van der Waals surface area contributed by atoms with Gasteiger partial charge in [-0.15, -0.1) is 0 Å². The number of aromatic nitrogens is 3. The van der Waals surface area contributed by atoms with Crippen LogP contribution in [0.3, 0.4) is 0 Å². The summed E-state index contributed by atoms with van der Waals surface area (Å²) in [6, 6.07) is 19.3. The molecule has 0 aliphatic rings. The van der Waals surface area contributed by atoms with E-state index in [0.29, 0.717) is 17.8 Å². The molecule has 2 aromatic heterocycles. The normalized spacial score (nSPS) is 10.9. The van der Waals surface area contributed by atoms with Crippen molar-refractivity contribution in [2.24, 2.45) is 7.05 Å². The summed E-state index contributed by atoms with van der Waals surface area (Å²) >= 11 is 0. The number of hydrogen-bond donors (Lipinski definition) is 1. The summed E-state index contributed by atoms with van der Waals surface area (Å²) in [7, 11) is 3.47. The van der Waals surface area contributed by atoms with Gasteiger partial charge in [0.15, 0.2) is 5.65 Å². The van der Waals surface area contributed by atoms with Gasteiger partial charge in [-0.2, -0.15) is 5.10 Å². The van der Waals surface area contributed by atoms with E-state index in [-0.39, 0.29) is 5.91 Å². The summed E-state index contributed by atoms with van der Waals surface area (Å²) < 4.78 is 6.90. The summed E-state index contributed by atoms with van der Waals surface area (Å²) in [6.07, 6.45) is 0. The van der Waals surface area contributed by atoms with Crippen LogP contribution in [0.15, 0.2) is 60.7 Å². The van der Waals surface area contributed by atoms with Crippen molar-refractivity contribution in [1.82, 2.24) is 20.1 Å². The molecule has 0 unspecified atom stereocenters. The van der Waals surface area contributed by atoms with Gasteiger partial charge in [-0.05, 0) is 30.7 Å². The molecule has 4 aromatic rings. The molecule has 4 rings (SSSR count). The summed E-state index contributed by atoms with van der Waals surface area (Å²) in [5.74, 6) is 0.635. The third-order valence-electron chi connectivity index (χ3n) is 4.89. The number of nitrogens with one attached hydrogen (secondary N) is 1. The molecule has 0 aliphatic heterocycles. The Hall–Kier alpha value is -3.67. The van der Waals surface area contributed by atoms with Crippen LogP contribution < -0.4 is 10.1 Å². The van der Waals surface area contributed by atoms with Gasteiger partial charge in [-0.25, -0.2) is 4.98 Å². The summed E-state index contributed by atoms with van der Waals surface area (Å²) in [6.45, 7) is 2.32. The highest BCUT2D eigenvalue weighted by Gasteiger charge is 2.19. The smallest absolute Gasteiger partial charge is 0.252 e. The molecule has 2 heterocycles. The zero-order valence-corrected chi connectivity index (χ0v) is 16.6. The number of carbonyl (C=O) groups excluding carboxylic acids is 1. The Labute approximate surface area is 169 Å². The Morgan fingerprint density at radius 3 is 2.52 bits per heavy atom. The van der Waals surface area contributed by atoms with Gasteiger partial charge in [0.1, 0.15) is 5.75 Å². The minimum atomic E-state index is -0.151. The van der Waals surface area contributed by atoms with Gasteiger partial charge < -0.3 is 10.1 Å². The van der Waals surface area contributed by atoms with E-state index in [9.17, 15) is 4.79 Å². The lowest BCUT2D eigenvalue weighted by atomic mass is 10.0. The van der Waals surface area contributed by atoms with E-state index in [1.54, 1.807) is 11.8 Å². The molecule has 0 atom stereocenters. The average Bonchev–Trinajstić information content (AvgIpc) is 3.06. The number of ether oxygens (including phenoxy) is 1. The predicted octanol–water partition coefficient (Wildman–Crippen LogP) is 3.88. The van der Waals surface area contributed by atoms with E-state index in [1.807, 2.05) is 74.6 Å². The Balaban J connectivity index is 1.70. The average molecular weight is 386 g/mol. The minimum absolute atomic E-state index is 0.151.